The van der Waals surface area contributed by atoms with Crippen LogP contribution in [0.5, 0.6) is 0 Å². The first-order chi connectivity index (χ1) is 8.93. The molecule has 0 aliphatic heterocycles. The highest BCUT2D eigenvalue weighted by Crippen LogP contribution is 2.42. The van der Waals surface area contributed by atoms with Crippen LogP contribution in [0.2, 0.25) is 0 Å². The summed E-state index contributed by atoms with van der Waals surface area (Å²) < 4.78 is 10.8. The number of hydrogen-bond donors (Lipinski definition) is 1. The second-order valence-electron chi connectivity index (χ2n) is 5.28. The fraction of sp³-hybridized carbons (Fsp3) is 0.600. The van der Waals surface area contributed by atoms with Gasteiger partial charge in [-0.15, -0.1) is 0 Å². The lowest BCUT2D eigenvalue weighted by Crippen LogP contribution is -2.48. The largest absolute Gasteiger partial charge is 0.467 e. The second kappa shape index (κ2) is 5.72. The zero-order valence-electron chi connectivity index (χ0n) is 10.7. The van der Waals surface area contributed by atoms with Crippen LogP contribution in [0.3, 0.4) is 0 Å². The smallest absolute Gasteiger partial charge is 0.129 e. The summed E-state index contributed by atoms with van der Waals surface area (Å²) >= 11 is 0. The molecule has 98 valence electrons. The van der Waals surface area contributed by atoms with Crippen molar-refractivity contribution in [3.8, 4) is 0 Å². The van der Waals surface area contributed by atoms with Gasteiger partial charge in [-0.25, -0.2) is 0 Å². The Morgan fingerprint density at radius 2 is 2.44 bits per heavy atom. The average molecular weight is 247 g/mol. The lowest BCUT2D eigenvalue weighted by molar-refractivity contribution is 0.0992. The first-order valence-electron chi connectivity index (χ1n) is 6.93. The van der Waals surface area contributed by atoms with Crippen molar-refractivity contribution in [2.24, 2.45) is 11.8 Å². The Bertz CT molecular complexity index is 385. The zero-order valence-corrected chi connectivity index (χ0v) is 10.7. The molecule has 0 saturated heterocycles. The summed E-state index contributed by atoms with van der Waals surface area (Å²) in [7, 11) is 0. The highest BCUT2D eigenvalue weighted by atomic mass is 16.5. The van der Waals surface area contributed by atoms with Crippen LogP contribution in [0.25, 0.3) is 0 Å². The first kappa shape index (κ1) is 12.0. The van der Waals surface area contributed by atoms with Crippen LogP contribution in [0.4, 0.5) is 0 Å². The van der Waals surface area contributed by atoms with Crippen molar-refractivity contribution >= 4 is 0 Å². The molecule has 2 aliphatic carbocycles. The van der Waals surface area contributed by atoms with Gasteiger partial charge in [0.2, 0.25) is 0 Å². The third kappa shape index (κ3) is 2.68. The van der Waals surface area contributed by atoms with Crippen molar-refractivity contribution in [1.29, 1.82) is 0 Å². The molecule has 18 heavy (non-hydrogen) atoms. The Morgan fingerprint density at radius 3 is 3.28 bits per heavy atom. The van der Waals surface area contributed by atoms with E-state index in [-0.39, 0.29) is 0 Å². The molecule has 0 radical (unpaired) electrons. The SMILES string of the molecule is C1=CC2C(C1)CC2NCCCOCc1ccco1. The van der Waals surface area contributed by atoms with E-state index < -0.39 is 0 Å². The topological polar surface area (TPSA) is 34.4 Å². The van der Waals surface area contributed by atoms with Gasteiger partial charge in [0.15, 0.2) is 0 Å². The van der Waals surface area contributed by atoms with Gasteiger partial charge in [-0.2, -0.15) is 0 Å². The number of allylic oxidation sites excluding steroid dienone is 1. The van der Waals surface area contributed by atoms with Crippen LogP contribution >= 0.6 is 0 Å². The van der Waals surface area contributed by atoms with Gasteiger partial charge in [-0.3, -0.25) is 0 Å². The van der Waals surface area contributed by atoms with Crippen molar-refractivity contribution in [3.05, 3.63) is 36.3 Å². The zero-order chi connectivity index (χ0) is 12.2. The fourth-order valence-electron chi connectivity index (χ4n) is 2.98. The Kier molecular flexibility index (Phi) is 3.81. The minimum Gasteiger partial charge on any atom is -0.467 e. The van der Waals surface area contributed by atoms with Crippen LogP contribution in [0, 0.1) is 11.8 Å². The molecular formula is C15H21NO2. The van der Waals surface area contributed by atoms with Crippen LogP contribution in [0.1, 0.15) is 25.0 Å². The number of furan rings is 1. The molecule has 3 rings (SSSR count). The molecule has 1 heterocycles. The molecule has 3 atom stereocenters. The van der Waals surface area contributed by atoms with E-state index in [4.69, 9.17) is 9.15 Å². The normalized spacial score (nSPS) is 29.2. The summed E-state index contributed by atoms with van der Waals surface area (Å²) in [6.45, 7) is 2.44. The summed E-state index contributed by atoms with van der Waals surface area (Å²) in [6, 6.07) is 4.56. The summed E-state index contributed by atoms with van der Waals surface area (Å²) in [6.07, 6.45) is 10.1. The molecule has 3 heteroatoms. The number of hydrogen-bond acceptors (Lipinski definition) is 3. The quantitative estimate of drug-likeness (QED) is 0.594. The van der Waals surface area contributed by atoms with Gasteiger partial charge in [0.25, 0.3) is 0 Å². The molecule has 2 aliphatic rings. The number of ether oxygens (including phenoxy) is 1. The van der Waals surface area contributed by atoms with Gasteiger partial charge in [-0.05, 0) is 49.8 Å². The Balaban J connectivity index is 1.22. The monoisotopic (exact) mass is 247 g/mol. The molecule has 1 saturated carbocycles. The first-order valence-corrected chi connectivity index (χ1v) is 6.93. The Morgan fingerprint density at radius 1 is 1.44 bits per heavy atom. The average Bonchev–Trinajstić information content (AvgIpc) is 2.98. The molecule has 3 nitrogen and oxygen atoms in total. The molecule has 1 N–H and O–H groups in total. The van der Waals surface area contributed by atoms with Crippen LogP contribution in [-0.2, 0) is 11.3 Å². The predicted molar refractivity (Wildman–Crippen MR) is 70.1 cm³/mol. The third-order valence-corrected chi connectivity index (χ3v) is 4.06. The number of rotatable bonds is 7. The Hall–Kier alpha value is -1.06. The molecule has 3 unspecified atom stereocenters. The molecule has 0 spiro atoms. The summed E-state index contributed by atoms with van der Waals surface area (Å²) in [4.78, 5) is 0. The minimum absolute atomic E-state index is 0.587. The van der Waals surface area contributed by atoms with Crippen molar-refractivity contribution in [2.45, 2.75) is 31.9 Å². The number of nitrogens with one attached hydrogen (secondary N) is 1. The highest BCUT2D eigenvalue weighted by Gasteiger charge is 2.40. The van der Waals surface area contributed by atoms with E-state index in [9.17, 15) is 0 Å². The summed E-state index contributed by atoms with van der Waals surface area (Å²) in [5.74, 6) is 2.66. The molecular weight excluding hydrogens is 226 g/mol. The van der Waals surface area contributed by atoms with Crippen molar-refractivity contribution in [1.82, 2.24) is 5.32 Å². The van der Waals surface area contributed by atoms with E-state index >= 15 is 0 Å². The van der Waals surface area contributed by atoms with Crippen molar-refractivity contribution in [2.75, 3.05) is 13.2 Å². The molecule has 0 aromatic carbocycles. The fourth-order valence-corrected chi connectivity index (χ4v) is 2.98. The van der Waals surface area contributed by atoms with Gasteiger partial charge in [0.1, 0.15) is 12.4 Å². The van der Waals surface area contributed by atoms with Gasteiger partial charge in [0.05, 0.1) is 6.26 Å². The van der Waals surface area contributed by atoms with E-state index in [0.29, 0.717) is 6.61 Å². The van der Waals surface area contributed by atoms with E-state index in [1.54, 1.807) is 6.26 Å². The maximum Gasteiger partial charge on any atom is 0.129 e. The summed E-state index contributed by atoms with van der Waals surface area (Å²) in [5.41, 5.74) is 0. The van der Waals surface area contributed by atoms with Crippen LogP contribution in [0.15, 0.2) is 35.0 Å². The summed E-state index contributed by atoms with van der Waals surface area (Å²) in [5, 5.41) is 3.63. The molecule has 0 bridgehead atoms. The molecule has 1 aromatic heterocycles. The van der Waals surface area contributed by atoms with Crippen LogP contribution < -0.4 is 5.32 Å². The molecule has 0 amide bonds. The Labute approximate surface area is 108 Å². The van der Waals surface area contributed by atoms with Crippen molar-refractivity contribution in [3.63, 3.8) is 0 Å². The minimum atomic E-state index is 0.587. The molecule has 1 fully saturated rings. The highest BCUT2D eigenvalue weighted by molar-refractivity contribution is 5.12. The second-order valence-corrected chi connectivity index (χ2v) is 5.28. The van der Waals surface area contributed by atoms with Gasteiger partial charge in [-0.1, -0.05) is 12.2 Å². The van der Waals surface area contributed by atoms with E-state index in [0.717, 1.165) is 43.2 Å². The molecule has 1 aromatic rings. The maximum absolute atomic E-state index is 5.55. The van der Waals surface area contributed by atoms with Crippen molar-refractivity contribution < 1.29 is 9.15 Å². The lowest BCUT2D eigenvalue weighted by atomic mass is 9.71. The van der Waals surface area contributed by atoms with Gasteiger partial charge in [0, 0.05) is 12.6 Å². The van der Waals surface area contributed by atoms with Gasteiger partial charge >= 0.3 is 0 Å². The van der Waals surface area contributed by atoms with E-state index in [1.807, 2.05) is 12.1 Å². The van der Waals surface area contributed by atoms with Gasteiger partial charge < -0.3 is 14.5 Å². The number of fused-ring (bicyclic) bond motifs is 1. The lowest BCUT2D eigenvalue weighted by Gasteiger charge is -2.40. The van der Waals surface area contributed by atoms with E-state index in [2.05, 4.69) is 17.5 Å². The third-order valence-electron chi connectivity index (χ3n) is 4.06. The van der Waals surface area contributed by atoms with E-state index in [1.165, 1.54) is 12.8 Å². The standard InChI is InChI=1S/C15H21NO2/c1-4-12-10-15(14(12)6-1)16-7-3-8-17-11-13-5-2-9-18-13/h1-2,5-6,9,12,14-16H,3-4,7-8,10-11H2. The predicted octanol–water partition coefficient (Wildman–Crippen LogP) is 2.74. The maximum atomic E-state index is 5.55. The van der Waals surface area contributed by atoms with Crippen LogP contribution in [-0.4, -0.2) is 19.2 Å².